The largest absolute Gasteiger partial charge is 0.299 e. The molecule has 0 fully saturated rings. The highest BCUT2D eigenvalue weighted by molar-refractivity contribution is 7.92. The molecule has 0 aromatic carbocycles. The Kier molecular flexibility index (Phi) is 4.48. The minimum absolute atomic E-state index is 0.0317. The van der Waals surface area contributed by atoms with Gasteiger partial charge in [0.2, 0.25) is 10.0 Å². The van der Waals surface area contributed by atoms with E-state index in [1.54, 1.807) is 20.8 Å². The molecule has 0 bridgehead atoms. The topological polar surface area (TPSA) is 63.2 Å². The van der Waals surface area contributed by atoms with Gasteiger partial charge < -0.3 is 0 Å². The first-order valence-corrected chi connectivity index (χ1v) is 5.89. The average molecular weight is 219 g/mol. The van der Waals surface area contributed by atoms with Gasteiger partial charge in [-0.25, -0.2) is 13.1 Å². The van der Waals surface area contributed by atoms with E-state index in [4.69, 9.17) is 0 Å². The van der Waals surface area contributed by atoms with Gasteiger partial charge in [-0.1, -0.05) is 27.4 Å². The number of nitrogens with one attached hydrogen (secondary N) is 1. The normalized spacial score (nSPS) is 12.5. The van der Waals surface area contributed by atoms with Crippen LogP contribution in [0.2, 0.25) is 0 Å². The van der Waals surface area contributed by atoms with E-state index in [0.717, 1.165) is 5.41 Å². The molecule has 0 atom stereocenters. The van der Waals surface area contributed by atoms with Crippen molar-refractivity contribution in [3.8, 4) is 0 Å². The van der Waals surface area contributed by atoms with Crippen molar-refractivity contribution in [2.45, 2.75) is 27.2 Å². The van der Waals surface area contributed by atoms with Gasteiger partial charge in [-0.2, -0.15) is 0 Å². The standard InChI is InChI=1S/C9H17NO3S/c1-5-14(12,13)10-7-6-8(11)9(2,3)4/h5,10H,1,6-7H2,2-4H3. The molecule has 0 aliphatic heterocycles. The molecule has 0 unspecified atom stereocenters. The minimum Gasteiger partial charge on any atom is -0.299 e. The van der Waals surface area contributed by atoms with Crippen LogP contribution in [0.5, 0.6) is 0 Å². The molecule has 0 aliphatic rings. The summed E-state index contributed by atoms with van der Waals surface area (Å²) in [6.45, 7) is 8.68. The Labute approximate surface area is 85.4 Å². The van der Waals surface area contributed by atoms with Gasteiger partial charge in [0.25, 0.3) is 0 Å². The summed E-state index contributed by atoms with van der Waals surface area (Å²) in [5, 5.41) is 0.828. The summed E-state index contributed by atoms with van der Waals surface area (Å²) in [5.74, 6) is 0.0317. The monoisotopic (exact) mass is 219 g/mol. The quantitative estimate of drug-likeness (QED) is 0.752. The van der Waals surface area contributed by atoms with Crippen molar-refractivity contribution in [1.82, 2.24) is 4.72 Å². The molecule has 0 amide bonds. The fraction of sp³-hybridized carbons (Fsp3) is 0.667. The third kappa shape index (κ3) is 5.14. The van der Waals surface area contributed by atoms with Crippen molar-refractivity contribution in [1.29, 1.82) is 0 Å². The second-order valence-corrected chi connectivity index (χ2v) is 5.74. The number of sulfonamides is 1. The van der Waals surface area contributed by atoms with Crippen LogP contribution in [0.1, 0.15) is 27.2 Å². The molecule has 4 nitrogen and oxygen atoms in total. The van der Waals surface area contributed by atoms with Crippen LogP contribution in [0.15, 0.2) is 12.0 Å². The number of carbonyl (C=O) groups excluding carboxylic acids is 1. The van der Waals surface area contributed by atoms with Crippen LogP contribution >= 0.6 is 0 Å². The summed E-state index contributed by atoms with van der Waals surface area (Å²) in [5.41, 5.74) is -0.417. The van der Waals surface area contributed by atoms with E-state index in [-0.39, 0.29) is 18.7 Å². The molecule has 1 N–H and O–H groups in total. The smallest absolute Gasteiger partial charge is 0.233 e. The zero-order valence-corrected chi connectivity index (χ0v) is 9.65. The molecule has 0 aromatic rings. The Morgan fingerprint density at radius 2 is 1.93 bits per heavy atom. The second-order valence-electron chi connectivity index (χ2n) is 4.03. The molecule has 0 saturated heterocycles. The van der Waals surface area contributed by atoms with Gasteiger partial charge in [0.1, 0.15) is 5.78 Å². The summed E-state index contributed by atoms with van der Waals surface area (Å²) in [7, 11) is -3.40. The lowest BCUT2D eigenvalue weighted by atomic mass is 9.89. The van der Waals surface area contributed by atoms with E-state index < -0.39 is 15.4 Å². The van der Waals surface area contributed by atoms with Crippen LogP contribution in [0.3, 0.4) is 0 Å². The highest BCUT2D eigenvalue weighted by atomic mass is 32.2. The number of ketones is 1. The molecule has 5 heteroatoms. The number of carbonyl (C=O) groups is 1. The molecule has 0 spiro atoms. The van der Waals surface area contributed by atoms with Crippen LogP contribution in [0, 0.1) is 5.41 Å². The van der Waals surface area contributed by atoms with E-state index >= 15 is 0 Å². The van der Waals surface area contributed by atoms with Gasteiger partial charge in [-0.05, 0) is 0 Å². The Morgan fingerprint density at radius 1 is 1.43 bits per heavy atom. The summed E-state index contributed by atoms with van der Waals surface area (Å²) >= 11 is 0. The van der Waals surface area contributed by atoms with Crippen LogP contribution in [0.4, 0.5) is 0 Å². The van der Waals surface area contributed by atoms with E-state index in [1.165, 1.54) is 0 Å². The van der Waals surface area contributed by atoms with Crippen LogP contribution < -0.4 is 4.72 Å². The number of rotatable bonds is 5. The fourth-order valence-corrected chi connectivity index (χ4v) is 1.25. The zero-order chi connectivity index (χ0) is 11.4. The lowest BCUT2D eigenvalue weighted by molar-refractivity contribution is -0.126. The molecule has 82 valence electrons. The van der Waals surface area contributed by atoms with Crippen LogP contribution in [-0.2, 0) is 14.8 Å². The fourth-order valence-electron chi connectivity index (χ4n) is 0.741. The third-order valence-electron chi connectivity index (χ3n) is 1.71. The number of hydrogen-bond donors (Lipinski definition) is 1. The zero-order valence-electron chi connectivity index (χ0n) is 8.83. The van der Waals surface area contributed by atoms with Crippen molar-refractivity contribution in [2.75, 3.05) is 6.54 Å². The summed E-state index contributed by atoms with van der Waals surface area (Å²) in [6.07, 6.45) is 0.205. The summed E-state index contributed by atoms with van der Waals surface area (Å²) in [4.78, 5) is 11.4. The molecule has 0 rings (SSSR count). The number of hydrogen-bond acceptors (Lipinski definition) is 3. The maximum absolute atomic E-state index is 11.4. The maximum Gasteiger partial charge on any atom is 0.233 e. The molecular weight excluding hydrogens is 202 g/mol. The minimum atomic E-state index is -3.40. The van der Waals surface area contributed by atoms with Crippen molar-refractivity contribution >= 4 is 15.8 Å². The van der Waals surface area contributed by atoms with Gasteiger partial charge in [-0.3, -0.25) is 4.79 Å². The molecule has 0 heterocycles. The van der Waals surface area contributed by atoms with Gasteiger partial charge in [-0.15, -0.1) is 0 Å². The van der Waals surface area contributed by atoms with Crippen molar-refractivity contribution in [3.63, 3.8) is 0 Å². The molecular formula is C9H17NO3S. The first-order chi connectivity index (χ1) is 6.19. The van der Waals surface area contributed by atoms with E-state index in [9.17, 15) is 13.2 Å². The van der Waals surface area contributed by atoms with Gasteiger partial charge >= 0.3 is 0 Å². The average Bonchev–Trinajstić information content (AvgIpc) is 2.02. The highest BCUT2D eigenvalue weighted by Crippen LogP contribution is 2.15. The van der Waals surface area contributed by atoms with E-state index in [1.807, 2.05) is 0 Å². The van der Waals surface area contributed by atoms with E-state index in [0.29, 0.717) is 0 Å². The Bertz CT molecular complexity index is 311. The van der Waals surface area contributed by atoms with Gasteiger partial charge in [0.05, 0.1) is 0 Å². The van der Waals surface area contributed by atoms with Gasteiger partial charge in [0.15, 0.2) is 0 Å². The van der Waals surface area contributed by atoms with Crippen LogP contribution in [0.25, 0.3) is 0 Å². The maximum atomic E-state index is 11.4. The first kappa shape index (κ1) is 13.3. The Balaban J connectivity index is 4.00. The predicted octanol–water partition coefficient (Wildman–Crippen LogP) is 1.05. The molecule has 0 saturated carbocycles. The predicted molar refractivity (Wildman–Crippen MR) is 56.2 cm³/mol. The van der Waals surface area contributed by atoms with Gasteiger partial charge in [0, 0.05) is 23.8 Å². The molecule has 0 aliphatic carbocycles. The summed E-state index contributed by atoms with van der Waals surface area (Å²) < 4.78 is 24.0. The summed E-state index contributed by atoms with van der Waals surface area (Å²) in [6, 6.07) is 0. The third-order valence-corrected chi connectivity index (χ3v) is 2.76. The van der Waals surface area contributed by atoms with E-state index in [2.05, 4.69) is 11.3 Å². The number of Topliss-reactive ketones (excluding diaryl/α,β-unsaturated/α-hetero) is 1. The lowest BCUT2D eigenvalue weighted by Crippen LogP contribution is -2.28. The SMILES string of the molecule is C=CS(=O)(=O)NCCC(=O)C(C)(C)C. The molecule has 14 heavy (non-hydrogen) atoms. The highest BCUT2D eigenvalue weighted by Gasteiger charge is 2.20. The molecule has 0 radical (unpaired) electrons. The first-order valence-electron chi connectivity index (χ1n) is 4.34. The Hall–Kier alpha value is -0.680. The Morgan fingerprint density at radius 3 is 2.29 bits per heavy atom. The lowest BCUT2D eigenvalue weighted by Gasteiger charge is -2.16. The second kappa shape index (κ2) is 4.70. The van der Waals surface area contributed by atoms with Crippen LogP contribution in [-0.4, -0.2) is 20.7 Å². The van der Waals surface area contributed by atoms with Crippen molar-refractivity contribution in [2.24, 2.45) is 5.41 Å². The van der Waals surface area contributed by atoms with Crippen molar-refractivity contribution in [3.05, 3.63) is 12.0 Å². The molecule has 0 aromatic heterocycles. The van der Waals surface area contributed by atoms with Crippen molar-refractivity contribution < 1.29 is 13.2 Å².